The molecule has 0 aromatic heterocycles. The zero-order chi connectivity index (χ0) is 16.2. The van der Waals surface area contributed by atoms with E-state index >= 15 is 0 Å². The summed E-state index contributed by atoms with van der Waals surface area (Å²) in [6.07, 6.45) is 1.75. The van der Waals surface area contributed by atoms with Crippen LogP contribution < -0.4 is 4.74 Å². The van der Waals surface area contributed by atoms with Gasteiger partial charge in [0.25, 0.3) is 0 Å². The summed E-state index contributed by atoms with van der Waals surface area (Å²) in [5.41, 5.74) is 0. The molecule has 6 heteroatoms. The van der Waals surface area contributed by atoms with Crippen molar-refractivity contribution in [3.8, 4) is 5.75 Å². The molecule has 1 aliphatic rings. The van der Waals surface area contributed by atoms with Gasteiger partial charge in [0.1, 0.15) is 11.5 Å². The number of sulfonamides is 1. The van der Waals surface area contributed by atoms with Crippen molar-refractivity contribution in [1.29, 1.82) is 0 Å². The number of ketones is 1. The van der Waals surface area contributed by atoms with E-state index in [1.165, 1.54) is 4.31 Å². The third kappa shape index (κ3) is 3.67. The van der Waals surface area contributed by atoms with Crippen molar-refractivity contribution < 1.29 is 17.9 Å². The van der Waals surface area contributed by atoms with Gasteiger partial charge in [0, 0.05) is 25.4 Å². The van der Waals surface area contributed by atoms with Crippen LogP contribution >= 0.6 is 0 Å². The molecule has 1 fully saturated rings. The number of carbonyl (C=O) groups is 1. The first kappa shape index (κ1) is 17.0. The number of rotatable bonds is 6. The molecule has 1 heterocycles. The van der Waals surface area contributed by atoms with Gasteiger partial charge in [-0.3, -0.25) is 4.79 Å². The van der Waals surface area contributed by atoms with Gasteiger partial charge in [-0.2, -0.15) is 4.31 Å². The standard InChI is InChI=1S/C16H23NO4S/c1-3-16(18)13-9-11-17(12-10-13)22(19,20)15-7-5-14(6-8-15)21-4-2/h5-8,13H,3-4,9-12H2,1-2H3. The lowest BCUT2D eigenvalue weighted by atomic mass is 9.92. The van der Waals surface area contributed by atoms with Crippen molar-refractivity contribution in [2.24, 2.45) is 5.92 Å². The maximum Gasteiger partial charge on any atom is 0.243 e. The topological polar surface area (TPSA) is 63.7 Å². The zero-order valence-electron chi connectivity index (χ0n) is 13.1. The molecular formula is C16H23NO4S. The van der Waals surface area contributed by atoms with Crippen LogP contribution in [-0.4, -0.2) is 38.2 Å². The molecule has 1 aromatic carbocycles. The molecule has 5 nitrogen and oxygen atoms in total. The summed E-state index contributed by atoms with van der Waals surface area (Å²) in [6, 6.07) is 6.49. The SMILES string of the molecule is CCOc1ccc(S(=O)(=O)N2CCC(C(=O)CC)CC2)cc1. The number of carbonyl (C=O) groups excluding carboxylic acids is 1. The normalized spacial score (nSPS) is 17.4. The van der Waals surface area contributed by atoms with Crippen molar-refractivity contribution in [2.45, 2.75) is 38.0 Å². The second-order valence-electron chi connectivity index (χ2n) is 5.40. The lowest BCUT2D eigenvalue weighted by Crippen LogP contribution is -2.40. The second kappa shape index (κ2) is 7.24. The van der Waals surface area contributed by atoms with Crippen LogP contribution in [0, 0.1) is 5.92 Å². The molecule has 0 radical (unpaired) electrons. The molecule has 0 aliphatic carbocycles. The summed E-state index contributed by atoms with van der Waals surface area (Å²) in [6.45, 7) is 5.10. The van der Waals surface area contributed by atoms with Crippen molar-refractivity contribution >= 4 is 15.8 Å². The number of ether oxygens (including phenoxy) is 1. The minimum Gasteiger partial charge on any atom is -0.494 e. The first-order chi connectivity index (χ1) is 10.5. The van der Waals surface area contributed by atoms with Gasteiger partial charge in [0.05, 0.1) is 11.5 Å². The van der Waals surface area contributed by atoms with E-state index in [1.807, 2.05) is 13.8 Å². The predicted molar refractivity (Wildman–Crippen MR) is 84.4 cm³/mol. The largest absolute Gasteiger partial charge is 0.494 e. The van der Waals surface area contributed by atoms with Crippen LogP contribution in [0.1, 0.15) is 33.1 Å². The average molecular weight is 325 g/mol. The Morgan fingerprint density at radius 3 is 2.27 bits per heavy atom. The Hall–Kier alpha value is -1.40. The van der Waals surface area contributed by atoms with Crippen molar-refractivity contribution in [2.75, 3.05) is 19.7 Å². The molecule has 22 heavy (non-hydrogen) atoms. The lowest BCUT2D eigenvalue weighted by molar-refractivity contribution is -0.123. The van der Waals surface area contributed by atoms with E-state index in [9.17, 15) is 13.2 Å². The predicted octanol–water partition coefficient (Wildman–Crippen LogP) is 2.47. The van der Waals surface area contributed by atoms with Crippen molar-refractivity contribution in [3.05, 3.63) is 24.3 Å². The van der Waals surface area contributed by atoms with E-state index < -0.39 is 10.0 Å². The van der Waals surface area contributed by atoms with E-state index in [1.54, 1.807) is 24.3 Å². The monoisotopic (exact) mass is 325 g/mol. The quantitative estimate of drug-likeness (QED) is 0.806. The van der Waals surface area contributed by atoms with Crippen molar-refractivity contribution in [1.82, 2.24) is 4.31 Å². The van der Waals surface area contributed by atoms with Crippen molar-refractivity contribution in [3.63, 3.8) is 0 Å². The van der Waals surface area contributed by atoms with Gasteiger partial charge < -0.3 is 4.74 Å². The summed E-state index contributed by atoms with van der Waals surface area (Å²) in [7, 11) is -3.48. The first-order valence-corrected chi connectivity index (χ1v) is 9.18. The Labute approximate surface area is 132 Å². The molecule has 1 aliphatic heterocycles. The van der Waals surface area contributed by atoms with Crippen LogP contribution in [0.15, 0.2) is 29.2 Å². The molecule has 122 valence electrons. The molecule has 1 aromatic rings. The summed E-state index contributed by atoms with van der Waals surface area (Å²) in [4.78, 5) is 12.0. The molecule has 0 amide bonds. The molecular weight excluding hydrogens is 302 g/mol. The third-order valence-corrected chi connectivity index (χ3v) is 5.94. The van der Waals surface area contributed by atoms with E-state index in [-0.39, 0.29) is 16.6 Å². The molecule has 0 N–H and O–H groups in total. The average Bonchev–Trinajstić information content (AvgIpc) is 2.55. The Balaban J connectivity index is 2.06. The molecule has 2 rings (SSSR count). The summed E-state index contributed by atoms with van der Waals surface area (Å²) >= 11 is 0. The smallest absolute Gasteiger partial charge is 0.243 e. The van der Waals surface area contributed by atoms with E-state index in [4.69, 9.17) is 4.74 Å². The Bertz CT molecular complexity index is 602. The third-order valence-electron chi connectivity index (χ3n) is 4.03. The maximum absolute atomic E-state index is 12.6. The van der Waals surface area contributed by atoms with E-state index in [0.29, 0.717) is 44.7 Å². The summed E-state index contributed by atoms with van der Waals surface area (Å²) < 4.78 is 32.0. The van der Waals surface area contributed by atoms with E-state index in [0.717, 1.165) is 0 Å². The summed E-state index contributed by atoms with van der Waals surface area (Å²) in [5.74, 6) is 0.906. The Kier molecular flexibility index (Phi) is 5.58. The fourth-order valence-electron chi connectivity index (χ4n) is 2.73. The molecule has 0 bridgehead atoms. The van der Waals surface area contributed by atoms with Crippen LogP contribution in [0.4, 0.5) is 0 Å². The van der Waals surface area contributed by atoms with Gasteiger partial charge in [0.2, 0.25) is 10.0 Å². The molecule has 1 saturated heterocycles. The zero-order valence-corrected chi connectivity index (χ0v) is 13.9. The van der Waals surface area contributed by atoms with Crippen LogP contribution in [0.25, 0.3) is 0 Å². The highest BCUT2D eigenvalue weighted by atomic mass is 32.2. The Morgan fingerprint density at radius 2 is 1.77 bits per heavy atom. The number of hydrogen-bond acceptors (Lipinski definition) is 4. The van der Waals surface area contributed by atoms with Gasteiger partial charge >= 0.3 is 0 Å². The Morgan fingerprint density at radius 1 is 1.18 bits per heavy atom. The molecule has 0 atom stereocenters. The second-order valence-corrected chi connectivity index (χ2v) is 7.34. The number of hydrogen-bond donors (Lipinski definition) is 0. The van der Waals surface area contributed by atoms with Gasteiger partial charge in [-0.25, -0.2) is 8.42 Å². The van der Waals surface area contributed by atoms with Gasteiger partial charge in [-0.05, 0) is 44.0 Å². The van der Waals surface area contributed by atoms with Gasteiger partial charge in [-0.1, -0.05) is 6.92 Å². The lowest BCUT2D eigenvalue weighted by Gasteiger charge is -2.30. The number of Topliss-reactive ketones (excluding diaryl/α,β-unsaturated/α-hetero) is 1. The highest BCUT2D eigenvalue weighted by molar-refractivity contribution is 7.89. The van der Waals surface area contributed by atoms with Gasteiger partial charge in [0.15, 0.2) is 0 Å². The molecule has 0 saturated carbocycles. The van der Waals surface area contributed by atoms with Crippen LogP contribution in [0.5, 0.6) is 5.75 Å². The minimum absolute atomic E-state index is 0.0109. The fraction of sp³-hybridized carbons (Fsp3) is 0.562. The molecule has 0 spiro atoms. The first-order valence-electron chi connectivity index (χ1n) is 7.74. The number of piperidine rings is 1. The van der Waals surface area contributed by atoms with Gasteiger partial charge in [-0.15, -0.1) is 0 Å². The number of benzene rings is 1. The highest BCUT2D eigenvalue weighted by Gasteiger charge is 2.31. The molecule has 0 unspecified atom stereocenters. The van der Waals surface area contributed by atoms with Crippen LogP contribution in [0.2, 0.25) is 0 Å². The maximum atomic E-state index is 12.6. The fourth-order valence-corrected chi connectivity index (χ4v) is 4.20. The minimum atomic E-state index is -3.48. The highest BCUT2D eigenvalue weighted by Crippen LogP contribution is 2.26. The van der Waals surface area contributed by atoms with E-state index in [2.05, 4.69) is 0 Å². The van der Waals surface area contributed by atoms with Crippen LogP contribution in [0.3, 0.4) is 0 Å². The van der Waals surface area contributed by atoms with Crippen LogP contribution in [-0.2, 0) is 14.8 Å². The number of nitrogens with zero attached hydrogens (tertiary/aromatic N) is 1. The summed E-state index contributed by atoms with van der Waals surface area (Å²) in [5, 5.41) is 0.